The molecule has 1 heterocycles. The van der Waals surface area contributed by atoms with E-state index in [4.69, 9.17) is 5.73 Å². The van der Waals surface area contributed by atoms with Crippen molar-refractivity contribution in [2.45, 2.75) is 6.42 Å². The number of nitrogens with two attached hydrogens (primary N) is 1. The normalized spacial score (nSPS) is 10.7. The quantitative estimate of drug-likeness (QED) is 0.599. The lowest BCUT2D eigenvalue weighted by molar-refractivity contribution is 1.15. The standard InChI is InChI=1S/C6H9N3/c7-3-1-2-6-4-8-5-9-6/h1,3-5H,2,7H2,(H,8,9). The highest BCUT2D eigenvalue weighted by atomic mass is 14.9. The van der Waals surface area contributed by atoms with Gasteiger partial charge in [-0.3, -0.25) is 0 Å². The Morgan fingerprint density at radius 3 is 3.22 bits per heavy atom. The number of nitrogens with one attached hydrogen (secondary N) is 1. The summed E-state index contributed by atoms with van der Waals surface area (Å²) in [5, 5.41) is 0. The third-order valence-electron chi connectivity index (χ3n) is 1.03. The number of nitrogens with zero attached hydrogens (tertiary/aromatic N) is 1. The zero-order valence-corrected chi connectivity index (χ0v) is 5.04. The summed E-state index contributed by atoms with van der Waals surface area (Å²) in [5.41, 5.74) is 6.21. The van der Waals surface area contributed by atoms with Gasteiger partial charge in [-0.05, 0) is 6.20 Å². The van der Waals surface area contributed by atoms with Crippen LogP contribution < -0.4 is 5.73 Å². The molecule has 3 N–H and O–H groups in total. The van der Waals surface area contributed by atoms with Gasteiger partial charge < -0.3 is 10.7 Å². The molecule has 3 heteroatoms. The van der Waals surface area contributed by atoms with Gasteiger partial charge in [0.15, 0.2) is 0 Å². The van der Waals surface area contributed by atoms with Crippen molar-refractivity contribution in [2.24, 2.45) is 5.73 Å². The van der Waals surface area contributed by atoms with Gasteiger partial charge in [0.05, 0.1) is 6.33 Å². The van der Waals surface area contributed by atoms with E-state index >= 15 is 0 Å². The van der Waals surface area contributed by atoms with Crippen molar-refractivity contribution in [3.05, 3.63) is 30.5 Å². The number of H-pyrrole nitrogens is 1. The van der Waals surface area contributed by atoms with E-state index in [1.54, 1.807) is 12.5 Å². The summed E-state index contributed by atoms with van der Waals surface area (Å²) in [6.07, 6.45) is 7.66. The third-order valence-corrected chi connectivity index (χ3v) is 1.03. The van der Waals surface area contributed by atoms with Crippen LogP contribution in [0, 0.1) is 0 Å². The Kier molecular flexibility index (Phi) is 1.90. The molecule has 1 aromatic rings. The molecule has 0 saturated carbocycles. The molecule has 0 amide bonds. The van der Waals surface area contributed by atoms with Crippen molar-refractivity contribution in [1.82, 2.24) is 9.97 Å². The van der Waals surface area contributed by atoms with Gasteiger partial charge in [0.25, 0.3) is 0 Å². The maximum atomic E-state index is 5.13. The van der Waals surface area contributed by atoms with Crippen LogP contribution in [-0.2, 0) is 6.42 Å². The summed E-state index contributed by atoms with van der Waals surface area (Å²) in [6, 6.07) is 0. The first-order valence-corrected chi connectivity index (χ1v) is 2.77. The maximum Gasteiger partial charge on any atom is 0.0921 e. The van der Waals surface area contributed by atoms with Crippen LogP contribution in [0.25, 0.3) is 0 Å². The Balaban J connectivity index is 2.48. The molecule has 0 atom stereocenters. The van der Waals surface area contributed by atoms with Crippen molar-refractivity contribution in [2.75, 3.05) is 0 Å². The summed E-state index contributed by atoms with van der Waals surface area (Å²) in [4.78, 5) is 6.80. The van der Waals surface area contributed by atoms with E-state index < -0.39 is 0 Å². The van der Waals surface area contributed by atoms with Gasteiger partial charge >= 0.3 is 0 Å². The molecule has 0 fully saturated rings. The summed E-state index contributed by atoms with van der Waals surface area (Å²) in [5.74, 6) is 0. The molecular weight excluding hydrogens is 114 g/mol. The van der Waals surface area contributed by atoms with Gasteiger partial charge in [-0.2, -0.15) is 0 Å². The molecule has 1 aromatic heterocycles. The predicted octanol–water partition coefficient (Wildman–Crippen LogP) is 0.425. The second-order valence-electron chi connectivity index (χ2n) is 1.71. The van der Waals surface area contributed by atoms with Crippen LogP contribution in [0.3, 0.4) is 0 Å². The van der Waals surface area contributed by atoms with E-state index in [2.05, 4.69) is 9.97 Å². The van der Waals surface area contributed by atoms with Gasteiger partial charge in [0.2, 0.25) is 0 Å². The molecule has 0 bridgehead atoms. The Morgan fingerprint density at radius 2 is 2.67 bits per heavy atom. The summed E-state index contributed by atoms with van der Waals surface area (Å²) in [7, 11) is 0. The van der Waals surface area contributed by atoms with Crippen LogP contribution in [0.4, 0.5) is 0 Å². The van der Waals surface area contributed by atoms with E-state index in [0.29, 0.717) is 0 Å². The van der Waals surface area contributed by atoms with E-state index in [1.807, 2.05) is 6.08 Å². The molecule has 0 aliphatic heterocycles. The fourth-order valence-electron chi connectivity index (χ4n) is 0.591. The Bertz CT molecular complexity index is 176. The van der Waals surface area contributed by atoms with Crippen LogP contribution in [-0.4, -0.2) is 9.97 Å². The van der Waals surface area contributed by atoms with Crippen molar-refractivity contribution in [1.29, 1.82) is 0 Å². The molecule has 9 heavy (non-hydrogen) atoms. The SMILES string of the molecule is NC=CCc1cnc[nH]1. The number of hydrogen-bond acceptors (Lipinski definition) is 2. The number of imidazole rings is 1. The largest absolute Gasteiger partial charge is 0.405 e. The van der Waals surface area contributed by atoms with E-state index in [1.165, 1.54) is 6.20 Å². The summed E-state index contributed by atoms with van der Waals surface area (Å²) < 4.78 is 0. The zero-order chi connectivity index (χ0) is 6.53. The second-order valence-corrected chi connectivity index (χ2v) is 1.71. The number of hydrogen-bond donors (Lipinski definition) is 2. The number of aromatic amines is 1. The minimum Gasteiger partial charge on any atom is -0.405 e. The second kappa shape index (κ2) is 2.91. The molecule has 0 aromatic carbocycles. The first-order chi connectivity index (χ1) is 4.43. The van der Waals surface area contributed by atoms with Crippen molar-refractivity contribution < 1.29 is 0 Å². The topological polar surface area (TPSA) is 54.7 Å². The summed E-state index contributed by atoms with van der Waals surface area (Å²) in [6.45, 7) is 0. The fraction of sp³-hybridized carbons (Fsp3) is 0.167. The summed E-state index contributed by atoms with van der Waals surface area (Å²) >= 11 is 0. The highest BCUT2D eigenvalue weighted by molar-refractivity contribution is 5.00. The average Bonchev–Trinajstić information content (AvgIpc) is 2.34. The monoisotopic (exact) mass is 123 g/mol. The third kappa shape index (κ3) is 1.60. The predicted molar refractivity (Wildman–Crippen MR) is 35.6 cm³/mol. The molecule has 0 aliphatic rings. The molecule has 0 saturated heterocycles. The molecular formula is C6H9N3. The van der Waals surface area contributed by atoms with Gasteiger partial charge in [0, 0.05) is 18.3 Å². The van der Waals surface area contributed by atoms with Crippen LogP contribution in [0.1, 0.15) is 5.69 Å². The van der Waals surface area contributed by atoms with Gasteiger partial charge in [-0.1, -0.05) is 6.08 Å². The number of allylic oxidation sites excluding steroid dienone is 1. The molecule has 0 aliphatic carbocycles. The van der Waals surface area contributed by atoms with Gasteiger partial charge in [-0.25, -0.2) is 4.98 Å². The lowest BCUT2D eigenvalue weighted by atomic mass is 10.3. The molecule has 3 nitrogen and oxygen atoms in total. The molecule has 0 spiro atoms. The zero-order valence-electron chi connectivity index (χ0n) is 5.04. The number of aromatic nitrogens is 2. The minimum absolute atomic E-state index is 0.830. The first kappa shape index (κ1) is 5.88. The van der Waals surface area contributed by atoms with Crippen LogP contribution in [0.15, 0.2) is 24.8 Å². The van der Waals surface area contributed by atoms with E-state index in [0.717, 1.165) is 12.1 Å². The molecule has 0 unspecified atom stereocenters. The van der Waals surface area contributed by atoms with Crippen LogP contribution in [0.2, 0.25) is 0 Å². The van der Waals surface area contributed by atoms with Gasteiger partial charge in [-0.15, -0.1) is 0 Å². The van der Waals surface area contributed by atoms with E-state index in [9.17, 15) is 0 Å². The Hall–Kier alpha value is -1.25. The highest BCUT2D eigenvalue weighted by Gasteiger charge is 1.85. The Labute approximate surface area is 53.6 Å². The molecule has 0 radical (unpaired) electrons. The van der Waals surface area contributed by atoms with Crippen LogP contribution >= 0.6 is 0 Å². The lowest BCUT2D eigenvalue weighted by Gasteiger charge is -1.83. The van der Waals surface area contributed by atoms with Crippen molar-refractivity contribution in [3.63, 3.8) is 0 Å². The minimum atomic E-state index is 0.830. The molecule has 1 rings (SSSR count). The smallest absolute Gasteiger partial charge is 0.0921 e. The van der Waals surface area contributed by atoms with Crippen LogP contribution in [0.5, 0.6) is 0 Å². The fourth-order valence-corrected chi connectivity index (χ4v) is 0.591. The highest BCUT2D eigenvalue weighted by Crippen LogP contribution is 1.91. The first-order valence-electron chi connectivity index (χ1n) is 2.77. The Morgan fingerprint density at radius 1 is 1.78 bits per heavy atom. The van der Waals surface area contributed by atoms with Gasteiger partial charge in [0.1, 0.15) is 0 Å². The maximum absolute atomic E-state index is 5.13. The van der Waals surface area contributed by atoms with Crippen molar-refractivity contribution in [3.8, 4) is 0 Å². The van der Waals surface area contributed by atoms with Crippen molar-refractivity contribution >= 4 is 0 Å². The average molecular weight is 123 g/mol. The lowest BCUT2D eigenvalue weighted by Crippen LogP contribution is -1.81. The number of rotatable bonds is 2. The molecule has 48 valence electrons. The van der Waals surface area contributed by atoms with E-state index in [-0.39, 0.29) is 0 Å².